The third-order valence-corrected chi connectivity index (χ3v) is 3.26. The summed E-state index contributed by atoms with van der Waals surface area (Å²) in [4.78, 5) is 11.6. The first-order chi connectivity index (χ1) is 7.68. The number of hydrogen-bond donors (Lipinski definition) is 2. The molecule has 2 rings (SSSR count). The van der Waals surface area contributed by atoms with Crippen molar-refractivity contribution in [3.8, 4) is 0 Å². The van der Waals surface area contributed by atoms with E-state index in [1.54, 1.807) is 0 Å². The number of rotatable bonds is 4. The van der Waals surface area contributed by atoms with Gasteiger partial charge in [-0.15, -0.1) is 0 Å². The SMILES string of the molecule is O=C(C[C@@H]1C=CCC1)NC[C@]1(O)CCOC1. The highest BCUT2D eigenvalue weighted by Gasteiger charge is 2.32. The van der Waals surface area contributed by atoms with E-state index >= 15 is 0 Å². The minimum Gasteiger partial charge on any atom is -0.386 e. The lowest BCUT2D eigenvalue weighted by Crippen LogP contribution is -2.43. The van der Waals surface area contributed by atoms with E-state index in [9.17, 15) is 9.90 Å². The number of hydrogen-bond acceptors (Lipinski definition) is 3. The highest BCUT2D eigenvalue weighted by atomic mass is 16.5. The third kappa shape index (κ3) is 3.06. The molecule has 1 amide bonds. The Morgan fingerprint density at radius 3 is 3.12 bits per heavy atom. The summed E-state index contributed by atoms with van der Waals surface area (Å²) in [6, 6.07) is 0. The summed E-state index contributed by atoms with van der Waals surface area (Å²) < 4.78 is 5.11. The molecule has 2 N–H and O–H groups in total. The lowest BCUT2D eigenvalue weighted by Gasteiger charge is -2.21. The Morgan fingerprint density at radius 2 is 2.50 bits per heavy atom. The number of amides is 1. The molecule has 0 saturated carbocycles. The van der Waals surface area contributed by atoms with E-state index in [4.69, 9.17) is 4.74 Å². The summed E-state index contributed by atoms with van der Waals surface area (Å²) in [5.74, 6) is 0.409. The monoisotopic (exact) mass is 225 g/mol. The smallest absolute Gasteiger partial charge is 0.220 e. The lowest BCUT2D eigenvalue weighted by atomic mass is 10.0. The quantitative estimate of drug-likeness (QED) is 0.689. The van der Waals surface area contributed by atoms with Crippen LogP contribution in [0.25, 0.3) is 0 Å². The molecule has 1 aliphatic heterocycles. The van der Waals surface area contributed by atoms with Gasteiger partial charge in [-0.05, 0) is 18.8 Å². The summed E-state index contributed by atoms with van der Waals surface area (Å²) in [5.41, 5.74) is -0.846. The average molecular weight is 225 g/mol. The zero-order chi connectivity index (χ0) is 11.4. The summed E-state index contributed by atoms with van der Waals surface area (Å²) >= 11 is 0. The van der Waals surface area contributed by atoms with Crippen LogP contribution in [0.15, 0.2) is 12.2 Å². The first-order valence-corrected chi connectivity index (χ1v) is 5.91. The zero-order valence-electron chi connectivity index (χ0n) is 9.45. The molecule has 0 bridgehead atoms. The molecule has 1 fully saturated rings. The lowest BCUT2D eigenvalue weighted by molar-refractivity contribution is -0.123. The van der Waals surface area contributed by atoms with Crippen molar-refractivity contribution in [2.75, 3.05) is 19.8 Å². The van der Waals surface area contributed by atoms with Crippen molar-refractivity contribution in [3.05, 3.63) is 12.2 Å². The van der Waals surface area contributed by atoms with Crippen LogP contribution in [0.4, 0.5) is 0 Å². The molecule has 1 aliphatic carbocycles. The summed E-state index contributed by atoms with van der Waals surface area (Å²) in [6.45, 7) is 1.22. The topological polar surface area (TPSA) is 58.6 Å². The van der Waals surface area contributed by atoms with Crippen LogP contribution in [0.5, 0.6) is 0 Å². The molecule has 1 heterocycles. The van der Waals surface area contributed by atoms with Crippen LogP contribution in [-0.4, -0.2) is 36.4 Å². The summed E-state index contributed by atoms with van der Waals surface area (Å²) in [6.07, 6.45) is 7.52. The second-order valence-corrected chi connectivity index (χ2v) is 4.77. The number of allylic oxidation sites excluding steroid dienone is 2. The standard InChI is InChI=1S/C12H19NO3/c14-11(7-10-3-1-2-4-10)13-8-12(15)5-6-16-9-12/h1,3,10,15H,2,4-9H2,(H,13,14)/t10-,12-/m1/s1. The van der Waals surface area contributed by atoms with E-state index in [2.05, 4.69) is 17.5 Å². The van der Waals surface area contributed by atoms with E-state index in [-0.39, 0.29) is 5.91 Å². The van der Waals surface area contributed by atoms with E-state index in [0.29, 0.717) is 38.5 Å². The minimum absolute atomic E-state index is 0.0249. The van der Waals surface area contributed by atoms with Gasteiger partial charge in [0.05, 0.1) is 6.61 Å². The molecular weight excluding hydrogens is 206 g/mol. The Hall–Kier alpha value is -0.870. The molecule has 0 aromatic heterocycles. The van der Waals surface area contributed by atoms with E-state index in [1.165, 1.54) is 0 Å². The van der Waals surface area contributed by atoms with Crippen LogP contribution in [0.2, 0.25) is 0 Å². The van der Waals surface area contributed by atoms with Crippen molar-refractivity contribution in [1.82, 2.24) is 5.32 Å². The maximum Gasteiger partial charge on any atom is 0.220 e. The second-order valence-electron chi connectivity index (χ2n) is 4.77. The highest BCUT2D eigenvalue weighted by Crippen LogP contribution is 2.20. The van der Waals surface area contributed by atoms with Crippen molar-refractivity contribution >= 4 is 5.91 Å². The van der Waals surface area contributed by atoms with Gasteiger partial charge < -0.3 is 15.2 Å². The molecule has 4 heteroatoms. The maximum absolute atomic E-state index is 11.6. The summed E-state index contributed by atoms with van der Waals surface area (Å²) in [7, 11) is 0. The van der Waals surface area contributed by atoms with Gasteiger partial charge in [0.1, 0.15) is 5.60 Å². The Bertz CT molecular complexity index is 282. The molecule has 2 atom stereocenters. The van der Waals surface area contributed by atoms with Gasteiger partial charge in [0.25, 0.3) is 0 Å². The Kier molecular flexibility index (Phi) is 3.61. The van der Waals surface area contributed by atoms with Gasteiger partial charge in [0.15, 0.2) is 0 Å². The van der Waals surface area contributed by atoms with Gasteiger partial charge in [0.2, 0.25) is 5.91 Å². The van der Waals surface area contributed by atoms with Gasteiger partial charge >= 0.3 is 0 Å². The van der Waals surface area contributed by atoms with Crippen molar-refractivity contribution < 1.29 is 14.6 Å². The minimum atomic E-state index is -0.846. The molecule has 0 aromatic carbocycles. The third-order valence-electron chi connectivity index (χ3n) is 3.26. The Morgan fingerprint density at radius 1 is 1.62 bits per heavy atom. The van der Waals surface area contributed by atoms with Crippen LogP contribution in [0, 0.1) is 5.92 Å². The second kappa shape index (κ2) is 4.97. The molecule has 0 radical (unpaired) electrons. The fourth-order valence-corrected chi connectivity index (χ4v) is 2.17. The van der Waals surface area contributed by atoms with Crippen LogP contribution < -0.4 is 5.32 Å². The van der Waals surface area contributed by atoms with E-state index in [1.807, 2.05) is 0 Å². The van der Waals surface area contributed by atoms with Crippen LogP contribution >= 0.6 is 0 Å². The maximum atomic E-state index is 11.6. The fraction of sp³-hybridized carbons (Fsp3) is 0.750. The average Bonchev–Trinajstić information content (AvgIpc) is 2.88. The molecule has 16 heavy (non-hydrogen) atoms. The van der Waals surface area contributed by atoms with Gasteiger partial charge in [-0.2, -0.15) is 0 Å². The predicted octanol–water partition coefficient (Wildman–Crippen LogP) is 0.610. The van der Waals surface area contributed by atoms with Crippen molar-refractivity contribution in [2.45, 2.75) is 31.3 Å². The number of carbonyl (C=O) groups excluding carboxylic acids is 1. The van der Waals surface area contributed by atoms with Crippen LogP contribution in [0.3, 0.4) is 0 Å². The predicted molar refractivity (Wildman–Crippen MR) is 59.9 cm³/mol. The van der Waals surface area contributed by atoms with Gasteiger partial charge in [-0.3, -0.25) is 4.79 Å². The van der Waals surface area contributed by atoms with Gasteiger partial charge in [-0.25, -0.2) is 0 Å². The molecule has 90 valence electrons. The zero-order valence-corrected chi connectivity index (χ0v) is 9.45. The number of carbonyl (C=O) groups is 1. The van der Waals surface area contributed by atoms with Crippen molar-refractivity contribution in [3.63, 3.8) is 0 Å². The van der Waals surface area contributed by atoms with E-state index < -0.39 is 5.60 Å². The van der Waals surface area contributed by atoms with Gasteiger partial charge in [-0.1, -0.05) is 12.2 Å². The number of nitrogens with one attached hydrogen (secondary N) is 1. The highest BCUT2D eigenvalue weighted by molar-refractivity contribution is 5.76. The molecule has 0 spiro atoms. The normalized spacial score (nSPS) is 33.2. The molecule has 4 nitrogen and oxygen atoms in total. The summed E-state index contributed by atoms with van der Waals surface area (Å²) in [5, 5.41) is 12.7. The van der Waals surface area contributed by atoms with Crippen molar-refractivity contribution in [2.24, 2.45) is 5.92 Å². The molecule has 2 aliphatic rings. The molecule has 0 aromatic rings. The Labute approximate surface area is 95.7 Å². The first kappa shape index (κ1) is 11.6. The molecular formula is C12H19NO3. The first-order valence-electron chi connectivity index (χ1n) is 5.91. The van der Waals surface area contributed by atoms with Crippen LogP contribution in [-0.2, 0) is 9.53 Å². The largest absolute Gasteiger partial charge is 0.386 e. The Balaban J connectivity index is 1.68. The van der Waals surface area contributed by atoms with Crippen molar-refractivity contribution in [1.29, 1.82) is 0 Å². The fourth-order valence-electron chi connectivity index (χ4n) is 2.17. The number of ether oxygens (including phenoxy) is 1. The van der Waals surface area contributed by atoms with E-state index in [0.717, 1.165) is 12.8 Å². The van der Waals surface area contributed by atoms with Crippen LogP contribution in [0.1, 0.15) is 25.7 Å². The number of aliphatic hydroxyl groups is 1. The molecule has 1 saturated heterocycles. The van der Waals surface area contributed by atoms with Gasteiger partial charge in [0, 0.05) is 26.0 Å². The molecule has 0 unspecified atom stereocenters.